The van der Waals surface area contributed by atoms with Crippen molar-refractivity contribution in [2.45, 2.75) is 207 Å². The third-order valence-electron chi connectivity index (χ3n) is 7.82. The third-order valence-corrected chi connectivity index (χ3v) is 7.82. The highest BCUT2D eigenvalue weighted by Crippen LogP contribution is 2.17. The highest BCUT2D eigenvalue weighted by Gasteiger charge is 2.20. The molecule has 0 aliphatic rings. The molecule has 0 saturated heterocycles. The Morgan fingerprint density at radius 3 is 1.45 bits per heavy atom. The van der Waals surface area contributed by atoms with Gasteiger partial charge in [-0.3, -0.25) is 9.59 Å². The maximum absolute atomic E-state index is 12.7. The van der Waals surface area contributed by atoms with Gasteiger partial charge < -0.3 is 10.1 Å². The highest BCUT2D eigenvalue weighted by atomic mass is 16.5. The fourth-order valence-corrected chi connectivity index (χ4v) is 5.28. The van der Waals surface area contributed by atoms with E-state index in [-0.39, 0.29) is 24.0 Å². The molecule has 0 aromatic heterocycles. The van der Waals surface area contributed by atoms with Crippen LogP contribution in [0.4, 0.5) is 0 Å². The predicted octanol–water partition coefficient (Wildman–Crippen LogP) is 10.6. The molecule has 0 aromatic carbocycles. The summed E-state index contributed by atoms with van der Waals surface area (Å²) in [5.41, 5.74) is 0. The van der Waals surface area contributed by atoms with E-state index in [2.05, 4.69) is 33.0 Å². The lowest BCUT2D eigenvalue weighted by Crippen LogP contribution is -2.37. The first-order chi connectivity index (χ1) is 18.6. The summed E-state index contributed by atoms with van der Waals surface area (Å²) < 4.78 is 5.86. The van der Waals surface area contributed by atoms with Crippen LogP contribution in [0.2, 0.25) is 0 Å². The van der Waals surface area contributed by atoms with Crippen molar-refractivity contribution in [2.24, 2.45) is 0 Å². The van der Waals surface area contributed by atoms with Crippen LogP contribution in [-0.4, -0.2) is 24.0 Å². The van der Waals surface area contributed by atoms with Crippen LogP contribution >= 0.6 is 0 Å². The van der Waals surface area contributed by atoms with E-state index in [0.29, 0.717) is 12.8 Å². The van der Waals surface area contributed by atoms with Crippen LogP contribution in [0.3, 0.4) is 0 Å². The van der Waals surface area contributed by atoms with Gasteiger partial charge in [-0.2, -0.15) is 0 Å². The molecular formula is C34H67NO3. The summed E-state index contributed by atoms with van der Waals surface area (Å²) in [4.78, 5) is 25.3. The third kappa shape index (κ3) is 25.2. The van der Waals surface area contributed by atoms with Crippen LogP contribution in [0.25, 0.3) is 0 Å². The molecule has 1 N–H and O–H groups in total. The van der Waals surface area contributed by atoms with E-state index < -0.39 is 0 Å². The first kappa shape index (κ1) is 36.9. The SMILES string of the molecule is CCCCCCCCCCCCCC(=O)OC(CCCCCCCCCCC)CC(=O)NC(CC)CCC. The quantitative estimate of drug-likeness (QED) is 0.0762. The Morgan fingerprint density at radius 1 is 0.553 bits per heavy atom. The van der Waals surface area contributed by atoms with Crippen molar-refractivity contribution in [1.29, 1.82) is 0 Å². The monoisotopic (exact) mass is 538 g/mol. The molecule has 0 bridgehead atoms. The largest absolute Gasteiger partial charge is 0.462 e. The van der Waals surface area contributed by atoms with E-state index in [4.69, 9.17) is 4.74 Å². The zero-order valence-electron chi connectivity index (χ0n) is 26.3. The Kier molecular flexibility index (Phi) is 28.1. The van der Waals surface area contributed by atoms with Gasteiger partial charge in [-0.25, -0.2) is 0 Å². The number of hydrogen-bond donors (Lipinski definition) is 1. The van der Waals surface area contributed by atoms with Gasteiger partial charge in [0, 0.05) is 12.5 Å². The topological polar surface area (TPSA) is 55.4 Å². The van der Waals surface area contributed by atoms with E-state index in [0.717, 1.165) is 51.4 Å². The maximum atomic E-state index is 12.7. The lowest BCUT2D eigenvalue weighted by atomic mass is 10.0. The van der Waals surface area contributed by atoms with Crippen LogP contribution in [0.1, 0.15) is 195 Å². The number of ether oxygens (including phenoxy) is 1. The Bertz CT molecular complexity index is 522. The van der Waals surface area contributed by atoms with Crippen molar-refractivity contribution in [2.75, 3.05) is 0 Å². The number of rotatable bonds is 29. The molecule has 0 radical (unpaired) electrons. The minimum atomic E-state index is -0.279. The molecular weight excluding hydrogens is 470 g/mol. The van der Waals surface area contributed by atoms with Gasteiger partial charge in [0.05, 0.1) is 6.42 Å². The number of esters is 1. The van der Waals surface area contributed by atoms with Gasteiger partial charge in [0.1, 0.15) is 6.10 Å². The minimum absolute atomic E-state index is 0.0359. The Hall–Kier alpha value is -1.06. The number of nitrogens with one attached hydrogen (secondary N) is 1. The van der Waals surface area contributed by atoms with E-state index >= 15 is 0 Å². The van der Waals surface area contributed by atoms with Crippen molar-refractivity contribution >= 4 is 11.9 Å². The van der Waals surface area contributed by atoms with E-state index in [9.17, 15) is 9.59 Å². The smallest absolute Gasteiger partial charge is 0.306 e. The number of unbranched alkanes of at least 4 members (excludes halogenated alkanes) is 18. The van der Waals surface area contributed by atoms with Crippen molar-refractivity contribution < 1.29 is 14.3 Å². The van der Waals surface area contributed by atoms with E-state index in [1.807, 2.05) is 0 Å². The standard InChI is InChI=1S/C34H67NO3/c1-5-9-11-13-15-17-18-20-22-24-26-29-34(37)38-32(30-33(36)35-31(8-4)27-7-3)28-25-23-21-19-16-14-12-10-6-2/h31-32H,5-30H2,1-4H3,(H,35,36). The summed E-state index contributed by atoms with van der Waals surface area (Å²) in [7, 11) is 0. The first-order valence-electron chi connectivity index (χ1n) is 17.1. The molecule has 226 valence electrons. The molecule has 2 atom stereocenters. The summed E-state index contributed by atoms with van der Waals surface area (Å²) in [5.74, 6) is -0.0797. The van der Waals surface area contributed by atoms with Crippen molar-refractivity contribution in [1.82, 2.24) is 5.32 Å². The molecule has 0 heterocycles. The molecule has 0 saturated carbocycles. The molecule has 2 unspecified atom stereocenters. The molecule has 0 aromatic rings. The number of hydrogen-bond acceptors (Lipinski definition) is 3. The fourth-order valence-electron chi connectivity index (χ4n) is 5.28. The average Bonchev–Trinajstić information content (AvgIpc) is 2.90. The molecule has 0 aliphatic heterocycles. The van der Waals surface area contributed by atoms with Crippen molar-refractivity contribution in [3.63, 3.8) is 0 Å². The summed E-state index contributed by atoms with van der Waals surface area (Å²) >= 11 is 0. The zero-order valence-corrected chi connectivity index (χ0v) is 26.3. The van der Waals surface area contributed by atoms with Gasteiger partial charge in [-0.15, -0.1) is 0 Å². The molecule has 0 fully saturated rings. The molecule has 1 amide bonds. The van der Waals surface area contributed by atoms with Crippen molar-refractivity contribution in [3.05, 3.63) is 0 Å². The van der Waals surface area contributed by atoms with Crippen LogP contribution in [-0.2, 0) is 14.3 Å². The molecule has 0 aliphatic carbocycles. The molecule has 38 heavy (non-hydrogen) atoms. The van der Waals surface area contributed by atoms with Gasteiger partial charge >= 0.3 is 5.97 Å². The van der Waals surface area contributed by atoms with Crippen LogP contribution < -0.4 is 5.32 Å². The zero-order chi connectivity index (χ0) is 28.1. The van der Waals surface area contributed by atoms with Gasteiger partial charge in [-0.05, 0) is 32.1 Å². The second-order valence-corrected chi connectivity index (χ2v) is 11.7. The Morgan fingerprint density at radius 2 is 1.00 bits per heavy atom. The summed E-state index contributed by atoms with van der Waals surface area (Å²) in [5, 5.41) is 3.17. The normalized spacial score (nSPS) is 12.8. The molecule has 0 rings (SSSR count). The summed E-state index contributed by atoms with van der Waals surface area (Å²) in [6.07, 6.45) is 29.8. The van der Waals surface area contributed by atoms with Gasteiger partial charge in [0.25, 0.3) is 0 Å². The summed E-state index contributed by atoms with van der Waals surface area (Å²) in [6, 6.07) is 0.230. The van der Waals surface area contributed by atoms with Gasteiger partial charge in [-0.1, -0.05) is 150 Å². The second kappa shape index (κ2) is 28.9. The molecule has 4 nitrogen and oxygen atoms in total. The molecule has 0 spiro atoms. The lowest BCUT2D eigenvalue weighted by Gasteiger charge is -2.21. The predicted molar refractivity (Wildman–Crippen MR) is 165 cm³/mol. The van der Waals surface area contributed by atoms with Crippen LogP contribution in [0, 0.1) is 0 Å². The number of carbonyl (C=O) groups is 2. The Labute approximate surface area is 238 Å². The number of carbonyl (C=O) groups excluding carboxylic acids is 2. The Balaban J connectivity index is 4.25. The average molecular weight is 538 g/mol. The van der Waals surface area contributed by atoms with Gasteiger partial charge in [0.2, 0.25) is 5.91 Å². The lowest BCUT2D eigenvalue weighted by molar-refractivity contribution is -0.151. The minimum Gasteiger partial charge on any atom is -0.462 e. The number of amides is 1. The second-order valence-electron chi connectivity index (χ2n) is 11.7. The van der Waals surface area contributed by atoms with E-state index in [1.54, 1.807) is 0 Å². The summed E-state index contributed by atoms with van der Waals surface area (Å²) in [6.45, 7) is 8.79. The van der Waals surface area contributed by atoms with Crippen LogP contribution in [0.15, 0.2) is 0 Å². The van der Waals surface area contributed by atoms with Gasteiger partial charge in [0.15, 0.2) is 0 Å². The van der Waals surface area contributed by atoms with Crippen LogP contribution in [0.5, 0.6) is 0 Å². The maximum Gasteiger partial charge on any atom is 0.306 e. The van der Waals surface area contributed by atoms with Crippen molar-refractivity contribution in [3.8, 4) is 0 Å². The van der Waals surface area contributed by atoms with E-state index in [1.165, 1.54) is 103 Å². The highest BCUT2D eigenvalue weighted by molar-refractivity contribution is 5.77. The fraction of sp³-hybridized carbons (Fsp3) is 0.941. The molecule has 4 heteroatoms. The first-order valence-corrected chi connectivity index (χ1v) is 17.1.